The first kappa shape index (κ1) is 16.6. The van der Waals surface area contributed by atoms with Crippen LogP contribution >= 0.6 is 0 Å². The first-order chi connectivity index (χ1) is 10.4. The monoisotopic (exact) mass is 307 g/mol. The molecule has 22 heavy (non-hydrogen) atoms. The number of benzene rings is 1. The van der Waals surface area contributed by atoms with E-state index in [0.717, 1.165) is 24.0 Å². The smallest absolute Gasteiger partial charge is 0.410 e. The molecule has 1 aromatic carbocycles. The molecule has 0 aliphatic carbocycles. The molecular weight excluding hydrogens is 282 g/mol. The highest BCUT2D eigenvalue weighted by Crippen LogP contribution is 2.35. The van der Waals surface area contributed by atoms with E-state index >= 15 is 0 Å². The van der Waals surface area contributed by atoms with Gasteiger partial charge in [0.05, 0.1) is 19.8 Å². The summed E-state index contributed by atoms with van der Waals surface area (Å²) in [6.07, 6.45) is 1.58. The van der Waals surface area contributed by atoms with Gasteiger partial charge in [0.2, 0.25) is 0 Å². The van der Waals surface area contributed by atoms with Gasteiger partial charge >= 0.3 is 6.09 Å². The number of carbonyl (C=O) groups is 1. The number of likely N-dealkylation sites (tertiary alicyclic amines) is 1. The van der Waals surface area contributed by atoms with E-state index in [-0.39, 0.29) is 18.7 Å². The lowest BCUT2D eigenvalue weighted by atomic mass is 10.0. The van der Waals surface area contributed by atoms with E-state index in [1.165, 1.54) is 0 Å². The molecule has 1 N–H and O–H groups in total. The lowest BCUT2D eigenvalue weighted by molar-refractivity contribution is 0.0224. The molecule has 1 amide bonds. The van der Waals surface area contributed by atoms with Gasteiger partial charge in [-0.1, -0.05) is 12.1 Å². The Morgan fingerprint density at radius 3 is 2.73 bits per heavy atom. The van der Waals surface area contributed by atoms with Crippen LogP contribution < -0.4 is 4.74 Å². The SMILES string of the molecule is COc1cc(C2CCCN2C(=O)OC(C)(C)C)ccc1CO. The minimum atomic E-state index is -0.497. The Hall–Kier alpha value is -1.75. The summed E-state index contributed by atoms with van der Waals surface area (Å²) in [6.45, 7) is 6.24. The first-order valence-corrected chi connectivity index (χ1v) is 7.63. The van der Waals surface area contributed by atoms with Crippen molar-refractivity contribution in [3.05, 3.63) is 29.3 Å². The summed E-state index contributed by atoms with van der Waals surface area (Å²) in [5.74, 6) is 0.649. The second kappa shape index (κ2) is 6.57. The number of rotatable bonds is 3. The molecule has 5 heteroatoms. The van der Waals surface area contributed by atoms with Crippen molar-refractivity contribution in [1.82, 2.24) is 4.90 Å². The van der Waals surface area contributed by atoms with Crippen molar-refractivity contribution in [2.75, 3.05) is 13.7 Å². The molecule has 0 bridgehead atoms. The van der Waals surface area contributed by atoms with E-state index in [2.05, 4.69) is 0 Å². The molecule has 122 valence electrons. The van der Waals surface area contributed by atoms with Crippen LogP contribution in [-0.2, 0) is 11.3 Å². The van der Waals surface area contributed by atoms with Crippen LogP contribution in [0.1, 0.15) is 50.8 Å². The molecule has 1 aliphatic heterocycles. The summed E-state index contributed by atoms with van der Waals surface area (Å²) in [5.41, 5.74) is 1.26. The van der Waals surface area contributed by atoms with E-state index in [0.29, 0.717) is 12.3 Å². The molecule has 1 fully saturated rings. The van der Waals surface area contributed by atoms with Gasteiger partial charge in [0, 0.05) is 12.1 Å². The molecule has 0 saturated carbocycles. The van der Waals surface area contributed by atoms with Gasteiger partial charge in [0.25, 0.3) is 0 Å². The van der Waals surface area contributed by atoms with E-state index in [9.17, 15) is 9.90 Å². The summed E-state index contributed by atoms with van der Waals surface area (Å²) in [6, 6.07) is 5.69. The van der Waals surface area contributed by atoms with Crippen LogP contribution in [0.25, 0.3) is 0 Å². The van der Waals surface area contributed by atoms with Crippen molar-refractivity contribution in [2.45, 2.75) is 51.9 Å². The molecule has 0 radical (unpaired) electrons. The van der Waals surface area contributed by atoms with Crippen molar-refractivity contribution in [3.63, 3.8) is 0 Å². The van der Waals surface area contributed by atoms with E-state index < -0.39 is 5.60 Å². The predicted octanol–water partition coefficient (Wildman–Crippen LogP) is 3.26. The Kier molecular flexibility index (Phi) is 4.96. The van der Waals surface area contributed by atoms with Gasteiger partial charge in [-0.05, 0) is 45.2 Å². The van der Waals surface area contributed by atoms with Gasteiger partial charge in [-0.25, -0.2) is 4.79 Å². The summed E-state index contributed by atoms with van der Waals surface area (Å²) >= 11 is 0. The molecule has 1 heterocycles. The van der Waals surface area contributed by atoms with Gasteiger partial charge in [0.15, 0.2) is 0 Å². The zero-order chi connectivity index (χ0) is 16.3. The van der Waals surface area contributed by atoms with Gasteiger partial charge in [-0.2, -0.15) is 0 Å². The number of amides is 1. The Bertz CT molecular complexity index is 536. The van der Waals surface area contributed by atoms with Gasteiger partial charge in [-0.15, -0.1) is 0 Å². The Morgan fingerprint density at radius 1 is 1.41 bits per heavy atom. The second-order valence-electron chi connectivity index (χ2n) is 6.56. The van der Waals surface area contributed by atoms with Crippen LogP contribution in [0.5, 0.6) is 5.75 Å². The van der Waals surface area contributed by atoms with E-state index in [1.807, 2.05) is 39.0 Å². The highest BCUT2D eigenvalue weighted by atomic mass is 16.6. The van der Waals surface area contributed by atoms with Gasteiger partial charge in [-0.3, -0.25) is 0 Å². The quantitative estimate of drug-likeness (QED) is 0.931. The summed E-state index contributed by atoms with van der Waals surface area (Å²) in [4.78, 5) is 14.1. The Labute approximate surface area is 131 Å². The maximum atomic E-state index is 12.4. The predicted molar refractivity (Wildman–Crippen MR) is 83.8 cm³/mol. The highest BCUT2D eigenvalue weighted by Gasteiger charge is 2.33. The first-order valence-electron chi connectivity index (χ1n) is 7.63. The largest absolute Gasteiger partial charge is 0.496 e. The second-order valence-corrected chi connectivity index (χ2v) is 6.56. The lowest BCUT2D eigenvalue weighted by Gasteiger charge is -2.29. The Balaban J connectivity index is 2.22. The van der Waals surface area contributed by atoms with Crippen molar-refractivity contribution in [2.24, 2.45) is 0 Å². The summed E-state index contributed by atoms with van der Waals surface area (Å²) in [5, 5.41) is 9.31. The molecule has 1 aliphatic rings. The average Bonchev–Trinajstić information content (AvgIpc) is 2.94. The molecule has 1 saturated heterocycles. The third-order valence-electron chi connectivity index (χ3n) is 3.75. The number of hydrogen-bond donors (Lipinski definition) is 1. The maximum absolute atomic E-state index is 12.4. The number of nitrogens with zero attached hydrogens (tertiary/aromatic N) is 1. The van der Waals surface area contributed by atoms with Gasteiger partial charge in [0.1, 0.15) is 11.4 Å². The van der Waals surface area contributed by atoms with Crippen molar-refractivity contribution in [3.8, 4) is 5.75 Å². The van der Waals surface area contributed by atoms with Crippen LogP contribution in [0.2, 0.25) is 0 Å². The molecular formula is C17H25NO4. The number of methoxy groups -OCH3 is 1. The highest BCUT2D eigenvalue weighted by molar-refractivity contribution is 5.69. The number of carbonyl (C=O) groups excluding carboxylic acids is 1. The minimum absolute atomic E-state index is 0.00325. The van der Waals surface area contributed by atoms with Crippen molar-refractivity contribution in [1.29, 1.82) is 0 Å². The zero-order valence-electron chi connectivity index (χ0n) is 13.8. The maximum Gasteiger partial charge on any atom is 0.410 e. The molecule has 0 spiro atoms. The van der Waals surface area contributed by atoms with E-state index in [4.69, 9.17) is 9.47 Å². The molecule has 5 nitrogen and oxygen atoms in total. The van der Waals surface area contributed by atoms with E-state index in [1.54, 1.807) is 12.0 Å². The molecule has 1 unspecified atom stereocenters. The van der Waals surface area contributed by atoms with Crippen LogP contribution in [-0.4, -0.2) is 35.4 Å². The zero-order valence-corrected chi connectivity index (χ0v) is 13.8. The average molecular weight is 307 g/mol. The summed E-state index contributed by atoms with van der Waals surface area (Å²) in [7, 11) is 1.58. The van der Waals surface area contributed by atoms with Crippen LogP contribution in [0.15, 0.2) is 18.2 Å². The van der Waals surface area contributed by atoms with Crippen LogP contribution in [0, 0.1) is 0 Å². The number of hydrogen-bond acceptors (Lipinski definition) is 4. The fraction of sp³-hybridized carbons (Fsp3) is 0.588. The molecule has 1 atom stereocenters. The third-order valence-corrected chi connectivity index (χ3v) is 3.75. The number of aliphatic hydroxyl groups excluding tert-OH is 1. The van der Waals surface area contributed by atoms with Crippen LogP contribution in [0.3, 0.4) is 0 Å². The van der Waals surface area contributed by atoms with Gasteiger partial charge < -0.3 is 19.5 Å². The van der Waals surface area contributed by atoms with Crippen LogP contribution in [0.4, 0.5) is 4.79 Å². The topological polar surface area (TPSA) is 59.0 Å². The number of ether oxygens (including phenoxy) is 2. The standard InChI is InChI=1S/C17H25NO4/c1-17(2,3)22-16(20)18-9-5-6-14(18)12-7-8-13(11-19)15(10-12)21-4/h7-8,10,14,19H,5-6,9,11H2,1-4H3. The Morgan fingerprint density at radius 2 is 2.14 bits per heavy atom. The fourth-order valence-corrected chi connectivity index (χ4v) is 2.75. The molecule has 1 aromatic rings. The molecule has 0 aromatic heterocycles. The lowest BCUT2D eigenvalue weighted by Crippen LogP contribution is -2.36. The van der Waals surface area contributed by atoms with Crippen molar-refractivity contribution >= 4 is 6.09 Å². The molecule has 2 rings (SSSR count). The third kappa shape index (κ3) is 3.71. The normalized spacial score (nSPS) is 18.4. The fourth-order valence-electron chi connectivity index (χ4n) is 2.75. The summed E-state index contributed by atoms with van der Waals surface area (Å²) < 4.78 is 10.8. The van der Waals surface area contributed by atoms with Crippen molar-refractivity contribution < 1.29 is 19.4 Å². The number of aliphatic hydroxyl groups is 1. The minimum Gasteiger partial charge on any atom is -0.496 e.